The summed E-state index contributed by atoms with van der Waals surface area (Å²) in [5.74, 6) is 0.201. The molecule has 0 spiro atoms. The van der Waals surface area contributed by atoms with Gasteiger partial charge in [0.1, 0.15) is 84.4 Å². The zero-order chi connectivity index (χ0) is 49.9. The third-order valence-electron chi connectivity index (χ3n) is 11.7. The number of imidazole rings is 3. The number of nitrogen functional groups attached to an aromatic ring is 3. The molecule has 0 amide bonds. The lowest BCUT2D eigenvalue weighted by atomic mass is 10.1. The smallest absolute Gasteiger partial charge is 0.327 e. The molecule has 6 aromatic rings. The number of hydrogen-bond acceptors (Lipinski definition) is 27. The molecule has 15 atom stereocenters. The first-order valence-corrected chi connectivity index (χ1v) is 27.6. The van der Waals surface area contributed by atoms with Crippen molar-refractivity contribution in [1.82, 2.24) is 58.6 Å². The molecule has 36 heteroatoms. The summed E-state index contributed by atoms with van der Waals surface area (Å²) in [5.41, 5.74) is 19.4. The van der Waals surface area contributed by atoms with Crippen LogP contribution < -0.4 is 17.2 Å². The van der Waals surface area contributed by atoms with E-state index in [1.54, 1.807) is 0 Å². The zero-order valence-electron chi connectivity index (χ0n) is 36.7. The molecule has 9 rings (SSSR count). The number of rotatable bonds is 19. The molecule has 380 valence electrons. The van der Waals surface area contributed by atoms with Crippen molar-refractivity contribution in [3.63, 3.8) is 0 Å². The highest BCUT2D eigenvalue weighted by Crippen LogP contribution is 2.54. The topological polar surface area (TPSA) is 419 Å². The van der Waals surface area contributed by atoms with Crippen molar-refractivity contribution < 1.29 is 75.8 Å². The molecule has 3 fully saturated rings. The molecule has 1 unspecified atom stereocenters. The molecule has 3 aliphatic rings. The van der Waals surface area contributed by atoms with Gasteiger partial charge in [-0.3, -0.25) is 27.3 Å². The van der Waals surface area contributed by atoms with Gasteiger partial charge in [0.2, 0.25) is 0 Å². The van der Waals surface area contributed by atoms with E-state index < -0.39 is 108 Å². The second kappa shape index (κ2) is 20.1. The molecule has 0 aliphatic carbocycles. The molecule has 0 radical (unpaired) electrons. The van der Waals surface area contributed by atoms with E-state index in [2.05, 4.69) is 44.9 Å². The average Bonchev–Trinajstić information content (AvgIpc) is 4.19. The monoisotopic (exact) mass is 1080 g/mol. The fourth-order valence-corrected chi connectivity index (χ4v) is 12.0. The third-order valence-corrected chi connectivity index (χ3v) is 16.2. The molecule has 11 N–H and O–H groups in total. The Balaban J connectivity index is 0.940. The second-order valence-electron chi connectivity index (χ2n) is 15.8. The summed E-state index contributed by atoms with van der Waals surface area (Å²) in [5, 5.41) is 22.0. The summed E-state index contributed by atoms with van der Waals surface area (Å²) in [4.78, 5) is 71.0. The van der Waals surface area contributed by atoms with Gasteiger partial charge in [0.05, 0.1) is 44.5 Å². The van der Waals surface area contributed by atoms with Crippen LogP contribution in [0.4, 0.5) is 17.5 Å². The van der Waals surface area contributed by atoms with Crippen LogP contribution in [0.15, 0.2) is 38.0 Å². The third kappa shape index (κ3) is 9.92. The van der Waals surface area contributed by atoms with Gasteiger partial charge < -0.3 is 79.3 Å². The van der Waals surface area contributed by atoms with Crippen LogP contribution in [0.2, 0.25) is 0 Å². The number of aliphatic hydroxyl groups is 2. The van der Waals surface area contributed by atoms with E-state index in [4.69, 9.17) is 87.1 Å². The summed E-state index contributed by atoms with van der Waals surface area (Å²) in [7, 11) is -0.245. The molecule has 0 saturated carbocycles. The number of nitrogens with two attached hydrogens (primary N) is 3. The van der Waals surface area contributed by atoms with Gasteiger partial charge in [-0.2, -0.15) is 0 Å². The molecular formula is C34H46N15O16P3S2. The van der Waals surface area contributed by atoms with Gasteiger partial charge in [-0.25, -0.2) is 44.9 Å². The molecular weight excluding hydrogens is 1030 g/mol. The highest BCUT2D eigenvalue weighted by atomic mass is 32.5. The molecule has 6 aromatic heterocycles. The first-order valence-electron chi connectivity index (χ1n) is 20.7. The highest BCUT2D eigenvalue weighted by Gasteiger charge is 2.53. The highest BCUT2D eigenvalue weighted by molar-refractivity contribution is 8.07. The summed E-state index contributed by atoms with van der Waals surface area (Å²) in [6.07, 6.45) is -7.69. The van der Waals surface area contributed by atoms with Crippen molar-refractivity contribution in [3.05, 3.63) is 38.0 Å². The van der Waals surface area contributed by atoms with Gasteiger partial charge in [-0.15, -0.1) is 0 Å². The maximum absolute atomic E-state index is 12.5. The van der Waals surface area contributed by atoms with Crippen LogP contribution in [0.5, 0.6) is 0 Å². The van der Waals surface area contributed by atoms with Crippen LogP contribution in [-0.2, 0) is 74.5 Å². The van der Waals surface area contributed by atoms with Gasteiger partial charge in [-0.1, -0.05) is 0 Å². The minimum Gasteiger partial charge on any atom is -0.387 e. The molecule has 0 aromatic carbocycles. The molecule has 3 aliphatic heterocycles. The number of anilines is 3. The van der Waals surface area contributed by atoms with Crippen LogP contribution in [0.3, 0.4) is 0 Å². The first kappa shape index (κ1) is 50.9. The Morgan fingerprint density at radius 3 is 1.43 bits per heavy atom. The van der Waals surface area contributed by atoms with Crippen molar-refractivity contribution in [2.75, 3.05) is 57.9 Å². The van der Waals surface area contributed by atoms with Crippen molar-refractivity contribution in [2.24, 2.45) is 0 Å². The number of fused-ring (bicyclic) bond motifs is 3. The van der Waals surface area contributed by atoms with Crippen molar-refractivity contribution in [1.29, 1.82) is 0 Å². The fraction of sp³-hybridized carbons (Fsp3) is 0.559. The predicted octanol–water partition coefficient (Wildman–Crippen LogP) is -0.844. The Morgan fingerprint density at radius 1 is 0.586 bits per heavy atom. The van der Waals surface area contributed by atoms with Crippen LogP contribution in [0.25, 0.3) is 33.5 Å². The Hall–Kier alpha value is -4.02. The molecule has 9 heterocycles. The molecule has 3 saturated heterocycles. The standard InChI is InChI=1S/C34H46N15O16P3S2/c1-56-22-14(4-5-66(52,53)58-3)61-33(48-12-45-18-27(36)39-9-42-30(18)48)24(22)64-68(55,70)60-7-16-23(57-2)25(34(63-16)49-13-46-19-28(37)40-10-43-31(19)49)65-67(54,69)59-6-15-20(50)21(51)32(62-15)47-11-44-17-26(35)38-8-41-29(17)47/h8-16,20-25,32-34,50-51H,4-7H2,1-3H3,(H,52,53)(H,54,69)(H,55,70)(H2,35,38,41)(H2,36,39,42)(H2,37,40,43)/t14-,15-,16-,20-,21-,22-,23-,24-,25-,32-,33-,34-,67-,68+/m1/s1. The zero-order valence-corrected chi connectivity index (χ0v) is 41.0. The Morgan fingerprint density at radius 2 is 0.986 bits per heavy atom. The number of aromatic nitrogens is 12. The number of methoxy groups -OCH3 is 2. The van der Waals surface area contributed by atoms with Crippen LogP contribution >= 0.6 is 21.0 Å². The summed E-state index contributed by atoms with van der Waals surface area (Å²) < 4.78 is 75.9. The number of nitrogens with zero attached hydrogens (tertiary/aromatic N) is 12. The normalized spacial score (nSPS) is 30.9. The Bertz CT molecular complexity index is 3010. The minimum absolute atomic E-state index is 0.0424. The lowest BCUT2D eigenvalue weighted by Gasteiger charge is -2.29. The second-order valence-corrected chi connectivity index (χ2v) is 23.5. The van der Waals surface area contributed by atoms with Gasteiger partial charge in [0.15, 0.2) is 53.1 Å². The largest absolute Gasteiger partial charge is 0.387 e. The van der Waals surface area contributed by atoms with Crippen molar-refractivity contribution in [2.45, 2.75) is 80.0 Å². The predicted molar refractivity (Wildman–Crippen MR) is 246 cm³/mol. The molecule has 0 bridgehead atoms. The van der Waals surface area contributed by atoms with E-state index in [-0.39, 0.29) is 63.5 Å². The number of ether oxygens (including phenoxy) is 5. The van der Waals surface area contributed by atoms with E-state index in [1.165, 1.54) is 65.9 Å². The first-order chi connectivity index (χ1) is 33.3. The maximum atomic E-state index is 12.5. The van der Waals surface area contributed by atoms with Crippen LogP contribution in [-0.4, -0.2) is 179 Å². The Labute approximate surface area is 404 Å². The van der Waals surface area contributed by atoms with E-state index >= 15 is 0 Å². The van der Waals surface area contributed by atoms with Gasteiger partial charge >= 0.3 is 21.0 Å². The van der Waals surface area contributed by atoms with E-state index in [9.17, 15) is 29.5 Å². The van der Waals surface area contributed by atoms with Crippen LogP contribution in [0, 0.1) is 0 Å². The fourth-order valence-electron chi connectivity index (χ4n) is 8.38. The summed E-state index contributed by atoms with van der Waals surface area (Å²) in [6.45, 7) is -9.87. The van der Waals surface area contributed by atoms with Gasteiger partial charge in [0.25, 0.3) is 0 Å². The van der Waals surface area contributed by atoms with E-state index in [0.29, 0.717) is 0 Å². The molecule has 70 heavy (non-hydrogen) atoms. The van der Waals surface area contributed by atoms with Crippen LogP contribution in [0.1, 0.15) is 25.1 Å². The van der Waals surface area contributed by atoms with Crippen molar-refractivity contribution in [3.8, 4) is 0 Å². The van der Waals surface area contributed by atoms with E-state index in [1.807, 2.05) is 0 Å². The Kier molecular flexibility index (Phi) is 14.6. The molecule has 31 nitrogen and oxygen atoms in total. The minimum atomic E-state index is -4.38. The van der Waals surface area contributed by atoms with Crippen molar-refractivity contribution >= 4 is 95.6 Å². The lowest BCUT2D eigenvalue weighted by molar-refractivity contribution is -0.0591. The quantitative estimate of drug-likeness (QED) is 0.0458. The van der Waals surface area contributed by atoms with Gasteiger partial charge in [-0.05, 0) is 30.0 Å². The summed E-state index contributed by atoms with van der Waals surface area (Å²) >= 11 is 11.0. The van der Waals surface area contributed by atoms with E-state index in [0.717, 1.165) is 7.11 Å². The number of hydrogen-bond donors (Lipinski definition) is 8. The lowest BCUT2D eigenvalue weighted by Crippen LogP contribution is -2.38. The number of aliphatic hydroxyl groups excluding tert-OH is 2. The van der Waals surface area contributed by atoms with Gasteiger partial charge in [0, 0.05) is 21.3 Å². The average molecular weight is 1080 g/mol. The SMILES string of the molecule is CO[C@H]1[C@@H](O[P@@](O)(=S)OC[C@H]2O[C@@H](n3cnc4c(N)ncnc43)[C@H](O[P@](O)(=S)OC[C@H]3O[C@@H](n4cnc5c(N)ncnc54)[C@H](O)[C@@H]3O)[C@@H]2OC)[C@H](n2cnc3c(N)ncnc32)O[C@@H]1CCP(=O)(O)OC. The maximum Gasteiger partial charge on any atom is 0.327 e. The summed E-state index contributed by atoms with van der Waals surface area (Å²) in [6, 6.07) is 0.